The minimum absolute atomic E-state index is 0.0494. The number of likely N-dealkylation sites (tertiary alicyclic amines) is 1. The van der Waals surface area contributed by atoms with Gasteiger partial charge in [-0.2, -0.15) is 5.12 Å². The molecule has 6 unspecified atom stereocenters. The van der Waals surface area contributed by atoms with E-state index >= 15 is 4.48 Å². The molecule has 4 rings (SSSR count). The number of Topliss-reactive ketones (excluding diaryl/α,β-unsaturated/α-hetero) is 1. The van der Waals surface area contributed by atoms with Crippen molar-refractivity contribution in [3.05, 3.63) is 35.9 Å². The zero-order valence-corrected chi connectivity index (χ0v) is 30.1. The van der Waals surface area contributed by atoms with Crippen LogP contribution in [0.5, 0.6) is 0 Å². The molecule has 0 aromatic heterocycles. The molecule has 1 heterocycles. The van der Waals surface area contributed by atoms with Gasteiger partial charge in [-0.15, -0.1) is 0 Å². The van der Waals surface area contributed by atoms with Crippen molar-refractivity contribution in [3.63, 3.8) is 0 Å². The summed E-state index contributed by atoms with van der Waals surface area (Å²) >= 11 is 0. The lowest BCUT2D eigenvalue weighted by atomic mass is 9.83. The minimum atomic E-state index is -1.59. The van der Waals surface area contributed by atoms with Gasteiger partial charge in [0, 0.05) is 20.6 Å². The van der Waals surface area contributed by atoms with E-state index in [-0.39, 0.29) is 36.0 Å². The fraction of sp³-hybridized carbons (Fsp3) is 0.676. The van der Waals surface area contributed by atoms with Crippen LogP contribution in [-0.4, -0.2) is 95.6 Å². The van der Waals surface area contributed by atoms with Gasteiger partial charge in [0.1, 0.15) is 18.6 Å². The van der Waals surface area contributed by atoms with Crippen LogP contribution >= 0.6 is 0 Å². The number of ketones is 1. The van der Waals surface area contributed by atoms with Crippen LogP contribution in [0, 0.1) is 29.6 Å². The zero-order valence-electron chi connectivity index (χ0n) is 30.1. The zero-order chi connectivity index (χ0) is 36.7. The number of nitrogens with zero attached hydrogens (tertiary/aromatic N) is 3. The van der Waals surface area contributed by atoms with Crippen LogP contribution in [0.25, 0.3) is 0 Å². The van der Waals surface area contributed by atoms with Gasteiger partial charge in [0.2, 0.25) is 29.4 Å². The molecule has 50 heavy (non-hydrogen) atoms. The van der Waals surface area contributed by atoms with E-state index in [1.54, 1.807) is 35.2 Å². The number of nitrogens with two attached hydrogens (primary N) is 1. The number of hydrogen-bond acceptors (Lipinski definition) is 7. The summed E-state index contributed by atoms with van der Waals surface area (Å²) in [4.78, 5) is 83.3. The van der Waals surface area contributed by atoms with Crippen LogP contribution in [0.2, 0.25) is 0 Å². The first kappa shape index (κ1) is 38.9. The van der Waals surface area contributed by atoms with E-state index in [4.69, 9.17) is 5.73 Å². The molecular weight excluding hydrogens is 643 g/mol. The first-order valence-electron chi connectivity index (χ1n) is 18.2. The Morgan fingerprint density at radius 2 is 1.66 bits per heavy atom. The van der Waals surface area contributed by atoms with E-state index in [1.165, 1.54) is 19.0 Å². The van der Waals surface area contributed by atoms with E-state index in [0.29, 0.717) is 24.4 Å². The summed E-state index contributed by atoms with van der Waals surface area (Å²) in [5.41, 5.74) is 6.99. The number of rotatable bonds is 14. The molecule has 0 radical (unpaired) electrons. The van der Waals surface area contributed by atoms with Crippen molar-refractivity contribution in [2.24, 2.45) is 35.3 Å². The van der Waals surface area contributed by atoms with E-state index in [0.717, 1.165) is 44.9 Å². The van der Waals surface area contributed by atoms with Gasteiger partial charge < -0.3 is 26.2 Å². The Morgan fingerprint density at radius 1 is 1.00 bits per heavy atom. The molecule has 3 fully saturated rings. The highest BCUT2D eigenvalue weighted by Gasteiger charge is 2.52. The summed E-state index contributed by atoms with van der Waals surface area (Å²) in [6.07, 6.45) is 7.18. The van der Waals surface area contributed by atoms with Gasteiger partial charge >= 0.3 is 5.91 Å². The first-order chi connectivity index (χ1) is 23.7. The second-order valence-electron chi connectivity index (χ2n) is 15.0. The molecule has 1 aromatic carbocycles. The van der Waals surface area contributed by atoms with Gasteiger partial charge in [-0.3, -0.25) is 28.8 Å². The van der Waals surface area contributed by atoms with Gasteiger partial charge in [-0.25, -0.2) is 0 Å². The Bertz CT molecular complexity index is 1390. The highest BCUT2D eigenvalue weighted by Crippen LogP contribution is 2.45. The van der Waals surface area contributed by atoms with Crippen LogP contribution in [0.4, 0.5) is 4.48 Å². The third-order valence-corrected chi connectivity index (χ3v) is 11.0. The molecule has 4 N–H and O–H groups in total. The molecular formula is C37H55FN6O6. The largest absolute Gasteiger partial charge is 0.347 e. The normalized spacial score (nSPS) is 24.3. The number of fused-ring (bicyclic) bond motifs is 1. The molecule has 2 aliphatic carbocycles. The summed E-state index contributed by atoms with van der Waals surface area (Å²) in [6, 6.07) is 4.29. The number of benzene rings is 1. The fourth-order valence-electron chi connectivity index (χ4n) is 8.01. The predicted octanol–water partition coefficient (Wildman–Crippen LogP) is 2.92. The second-order valence-corrected chi connectivity index (χ2v) is 15.0. The van der Waals surface area contributed by atoms with E-state index in [2.05, 4.69) is 17.6 Å². The average molecular weight is 699 g/mol. The van der Waals surface area contributed by atoms with E-state index in [9.17, 15) is 28.8 Å². The maximum Gasteiger partial charge on any atom is 0.320 e. The summed E-state index contributed by atoms with van der Waals surface area (Å²) < 4.78 is 15.3. The molecule has 0 spiro atoms. The molecule has 0 bridgehead atoms. The van der Waals surface area contributed by atoms with Crippen molar-refractivity contribution in [2.75, 3.05) is 27.2 Å². The summed E-state index contributed by atoms with van der Waals surface area (Å²) in [5, 5.41) is 4.71. The molecule has 2 saturated carbocycles. The van der Waals surface area contributed by atoms with Crippen LogP contribution in [-0.2, 0) is 28.8 Å². The molecule has 1 aromatic rings. The highest BCUT2D eigenvalue weighted by atomic mass is 19.2. The molecule has 5 amide bonds. The van der Waals surface area contributed by atoms with Gasteiger partial charge in [-0.1, -0.05) is 81.3 Å². The van der Waals surface area contributed by atoms with Crippen LogP contribution in [0.1, 0.15) is 90.2 Å². The smallest absolute Gasteiger partial charge is 0.320 e. The van der Waals surface area contributed by atoms with Gasteiger partial charge in [-0.05, 0) is 67.3 Å². The number of hydrogen-bond donors (Lipinski definition) is 3. The molecule has 8 atom stereocenters. The Labute approximate surface area is 295 Å². The first-order valence-corrected chi connectivity index (χ1v) is 18.2. The lowest BCUT2D eigenvalue weighted by Gasteiger charge is -2.34. The quantitative estimate of drug-likeness (QED) is 0.199. The second kappa shape index (κ2) is 17.4. The Balaban J connectivity index is 1.48. The van der Waals surface area contributed by atoms with Gasteiger partial charge in [0.05, 0.1) is 12.1 Å². The molecule has 1 aliphatic heterocycles. The highest BCUT2D eigenvalue weighted by molar-refractivity contribution is 6.38. The fourth-order valence-corrected chi connectivity index (χ4v) is 8.01. The number of nitrogens with one attached hydrogen (secondary N) is 2. The molecule has 12 nitrogen and oxygen atoms in total. The molecule has 1 saturated heterocycles. The van der Waals surface area contributed by atoms with Gasteiger partial charge in [0.25, 0.3) is 0 Å². The van der Waals surface area contributed by atoms with Crippen LogP contribution < -0.4 is 16.4 Å². The maximum absolute atomic E-state index is 15.3. The molecule has 3 aliphatic rings. The standard InChI is InChI=1S/C37H55FN6O6/c1-6-22(2)19-28(33(46)37(50)44(38)21-29(45)41-31(36(49)42(4)5)25-15-11-8-12-16-25)40-34(47)32-27-18-23(3)17-26(27)20-43(32)35(48)30(39)24-13-9-7-10-14-24/h8,11-12,15-16,22-24,26-28,30-32H,6-7,9-10,13-14,17-21,39H2,1-5H3,(H,40,47)(H,41,45)/t22?,23?,26-,27-,28?,30?,31?,32?/m0/s1. The number of amides is 5. The Kier molecular flexibility index (Phi) is 13.5. The predicted molar refractivity (Wildman–Crippen MR) is 185 cm³/mol. The number of likely N-dealkylation sites (N-methyl/N-ethyl adjacent to an activating group) is 1. The van der Waals surface area contributed by atoms with Crippen molar-refractivity contribution < 1.29 is 33.2 Å². The van der Waals surface area contributed by atoms with Crippen LogP contribution in [0.15, 0.2) is 30.3 Å². The number of halogens is 1. The lowest BCUT2D eigenvalue weighted by Crippen LogP contribution is -2.58. The lowest BCUT2D eigenvalue weighted by molar-refractivity contribution is -0.159. The molecule has 276 valence electrons. The number of carbonyl (C=O) groups excluding carboxylic acids is 6. The Hall–Kier alpha value is -3.87. The maximum atomic E-state index is 15.3. The summed E-state index contributed by atoms with van der Waals surface area (Å²) in [6.45, 7) is 5.14. The minimum Gasteiger partial charge on any atom is -0.347 e. The summed E-state index contributed by atoms with van der Waals surface area (Å²) in [5.74, 6) is -4.76. The average Bonchev–Trinajstić information content (AvgIpc) is 3.64. The number of carbonyl (C=O) groups is 6. The van der Waals surface area contributed by atoms with Crippen LogP contribution in [0.3, 0.4) is 0 Å². The van der Waals surface area contributed by atoms with Crippen molar-refractivity contribution in [1.82, 2.24) is 25.6 Å². The van der Waals surface area contributed by atoms with Gasteiger partial charge in [0.15, 0.2) is 0 Å². The monoisotopic (exact) mass is 698 g/mol. The SMILES string of the molecule is CCC(C)CC(NC(=O)C1[C@H]2CC(C)C[C@H]2CN1C(=O)C(N)C1CCCCC1)C(=O)C(=O)N(F)CC(=O)NC(C(=O)N(C)C)c1ccccc1. The van der Waals surface area contributed by atoms with E-state index < -0.39 is 65.2 Å². The van der Waals surface area contributed by atoms with Crippen molar-refractivity contribution in [1.29, 1.82) is 0 Å². The van der Waals surface area contributed by atoms with Crippen molar-refractivity contribution in [3.8, 4) is 0 Å². The molecule has 13 heteroatoms. The topological polar surface area (TPSA) is 162 Å². The third kappa shape index (κ3) is 9.26. The Morgan fingerprint density at radius 3 is 2.28 bits per heavy atom. The summed E-state index contributed by atoms with van der Waals surface area (Å²) in [7, 11) is 3.03. The van der Waals surface area contributed by atoms with Crippen molar-refractivity contribution in [2.45, 2.75) is 103 Å². The van der Waals surface area contributed by atoms with E-state index in [1.807, 2.05) is 13.8 Å². The third-order valence-electron chi connectivity index (χ3n) is 11.0. The van der Waals surface area contributed by atoms with Crippen molar-refractivity contribution >= 4 is 35.3 Å².